The van der Waals surface area contributed by atoms with Crippen molar-refractivity contribution in [2.45, 2.75) is 33.6 Å². The maximum atomic E-state index is 11.9. The SMILES string of the molecule is CCOC(=O)c1ccc(-c2ccc(CC)s2)nc1CC. The number of esters is 1. The Bertz CT molecular complexity index is 604. The fourth-order valence-electron chi connectivity index (χ4n) is 2.01. The first-order valence-electron chi connectivity index (χ1n) is 6.95. The molecule has 20 heavy (non-hydrogen) atoms. The van der Waals surface area contributed by atoms with E-state index >= 15 is 0 Å². The van der Waals surface area contributed by atoms with E-state index in [2.05, 4.69) is 24.0 Å². The van der Waals surface area contributed by atoms with E-state index < -0.39 is 0 Å². The molecule has 0 aliphatic carbocycles. The fourth-order valence-corrected chi connectivity index (χ4v) is 2.93. The highest BCUT2D eigenvalue weighted by molar-refractivity contribution is 7.15. The Morgan fingerprint density at radius 1 is 1.15 bits per heavy atom. The number of aryl methyl sites for hydroxylation is 2. The smallest absolute Gasteiger partial charge is 0.339 e. The van der Waals surface area contributed by atoms with Crippen LogP contribution in [0.15, 0.2) is 24.3 Å². The van der Waals surface area contributed by atoms with E-state index in [9.17, 15) is 4.79 Å². The zero-order valence-corrected chi connectivity index (χ0v) is 12.9. The number of thiophene rings is 1. The molecule has 0 unspecified atom stereocenters. The summed E-state index contributed by atoms with van der Waals surface area (Å²) >= 11 is 1.75. The maximum absolute atomic E-state index is 11.9. The highest BCUT2D eigenvalue weighted by atomic mass is 32.1. The van der Waals surface area contributed by atoms with Crippen molar-refractivity contribution < 1.29 is 9.53 Å². The Morgan fingerprint density at radius 3 is 2.55 bits per heavy atom. The Kier molecular flexibility index (Phi) is 4.90. The third kappa shape index (κ3) is 3.07. The van der Waals surface area contributed by atoms with Gasteiger partial charge < -0.3 is 4.74 Å². The molecule has 0 saturated heterocycles. The summed E-state index contributed by atoms with van der Waals surface area (Å²) in [7, 11) is 0. The van der Waals surface area contributed by atoms with Crippen LogP contribution in [0.5, 0.6) is 0 Å². The summed E-state index contributed by atoms with van der Waals surface area (Å²) in [5.41, 5.74) is 2.30. The second-order valence-corrected chi connectivity index (χ2v) is 5.55. The largest absolute Gasteiger partial charge is 0.462 e. The quantitative estimate of drug-likeness (QED) is 0.777. The lowest BCUT2D eigenvalue weighted by atomic mass is 10.1. The summed E-state index contributed by atoms with van der Waals surface area (Å²) in [4.78, 5) is 19.0. The number of rotatable bonds is 5. The van der Waals surface area contributed by atoms with E-state index in [1.165, 1.54) is 4.88 Å². The molecule has 106 valence electrons. The first-order chi connectivity index (χ1) is 9.69. The molecular formula is C16H19NO2S. The van der Waals surface area contributed by atoms with Crippen molar-refractivity contribution in [2.24, 2.45) is 0 Å². The van der Waals surface area contributed by atoms with Crippen molar-refractivity contribution in [2.75, 3.05) is 6.61 Å². The van der Waals surface area contributed by atoms with E-state index in [1.807, 2.05) is 26.0 Å². The van der Waals surface area contributed by atoms with Gasteiger partial charge in [0.25, 0.3) is 0 Å². The number of pyridine rings is 1. The minimum atomic E-state index is -0.288. The molecule has 0 spiro atoms. The number of hydrogen-bond acceptors (Lipinski definition) is 4. The van der Waals surface area contributed by atoms with Crippen LogP contribution in [0.4, 0.5) is 0 Å². The molecule has 2 rings (SSSR count). The second-order valence-electron chi connectivity index (χ2n) is 4.38. The van der Waals surface area contributed by atoms with Crippen molar-refractivity contribution in [3.8, 4) is 10.6 Å². The number of aromatic nitrogens is 1. The molecule has 0 aliphatic rings. The lowest BCUT2D eigenvalue weighted by Gasteiger charge is -2.08. The van der Waals surface area contributed by atoms with E-state index in [4.69, 9.17) is 4.74 Å². The molecule has 0 fully saturated rings. The maximum Gasteiger partial charge on any atom is 0.339 e. The molecular weight excluding hydrogens is 270 g/mol. The van der Waals surface area contributed by atoms with Crippen LogP contribution >= 0.6 is 11.3 Å². The topological polar surface area (TPSA) is 39.2 Å². The van der Waals surface area contributed by atoms with Gasteiger partial charge in [-0.3, -0.25) is 4.98 Å². The zero-order valence-electron chi connectivity index (χ0n) is 12.1. The summed E-state index contributed by atoms with van der Waals surface area (Å²) in [6.45, 7) is 6.34. The molecule has 0 amide bonds. The molecule has 0 atom stereocenters. The van der Waals surface area contributed by atoms with Crippen molar-refractivity contribution in [3.63, 3.8) is 0 Å². The standard InChI is InChI=1S/C16H19NO2S/c1-4-11-7-10-15(20-11)14-9-8-12(13(5-2)17-14)16(18)19-6-3/h7-10H,4-6H2,1-3H3. The average Bonchev–Trinajstić information content (AvgIpc) is 2.95. The number of carbonyl (C=O) groups excluding carboxylic acids is 1. The van der Waals surface area contributed by atoms with Crippen molar-refractivity contribution in [1.82, 2.24) is 4.98 Å². The molecule has 0 aromatic carbocycles. The molecule has 4 heteroatoms. The van der Waals surface area contributed by atoms with E-state index in [0.29, 0.717) is 18.6 Å². The van der Waals surface area contributed by atoms with Crippen LogP contribution in [-0.2, 0) is 17.6 Å². The summed E-state index contributed by atoms with van der Waals surface area (Å²) in [6, 6.07) is 7.95. The van der Waals surface area contributed by atoms with Gasteiger partial charge in [0.15, 0.2) is 0 Å². The zero-order chi connectivity index (χ0) is 14.5. The molecule has 0 N–H and O–H groups in total. The summed E-state index contributed by atoms with van der Waals surface area (Å²) in [5, 5.41) is 0. The van der Waals surface area contributed by atoms with Crippen LogP contribution in [0.2, 0.25) is 0 Å². The van der Waals surface area contributed by atoms with Crippen LogP contribution in [0, 0.1) is 0 Å². The molecule has 2 aromatic heterocycles. The normalized spacial score (nSPS) is 10.6. The highest BCUT2D eigenvalue weighted by Gasteiger charge is 2.14. The lowest BCUT2D eigenvalue weighted by Crippen LogP contribution is -2.09. The van der Waals surface area contributed by atoms with Gasteiger partial charge >= 0.3 is 5.97 Å². The van der Waals surface area contributed by atoms with Gasteiger partial charge in [-0.2, -0.15) is 0 Å². The van der Waals surface area contributed by atoms with Gasteiger partial charge in [-0.1, -0.05) is 13.8 Å². The first kappa shape index (κ1) is 14.7. The molecule has 0 radical (unpaired) electrons. The highest BCUT2D eigenvalue weighted by Crippen LogP contribution is 2.28. The van der Waals surface area contributed by atoms with Crippen LogP contribution in [0.1, 0.15) is 41.7 Å². The number of nitrogens with zero attached hydrogens (tertiary/aromatic N) is 1. The molecule has 3 nitrogen and oxygen atoms in total. The number of hydrogen-bond donors (Lipinski definition) is 0. The van der Waals surface area contributed by atoms with E-state index in [1.54, 1.807) is 11.3 Å². The lowest BCUT2D eigenvalue weighted by molar-refractivity contribution is 0.0524. The minimum Gasteiger partial charge on any atom is -0.462 e. The predicted molar refractivity (Wildman–Crippen MR) is 82.3 cm³/mol. The Hall–Kier alpha value is -1.68. The summed E-state index contributed by atoms with van der Waals surface area (Å²) in [5.74, 6) is -0.288. The molecule has 2 heterocycles. The monoisotopic (exact) mass is 289 g/mol. The third-order valence-corrected chi connectivity index (χ3v) is 4.32. The average molecular weight is 289 g/mol. The Labute approximate surface area is 123 Å². The van der Waals surface area contributed by atoms with Crippen LogP contribution < -0.4 is 0 Å². The van der Waals surface area contributed by atoms with Crippen LogP contribution in [0.25, 0.3) is 10.6 Å². The fraction of sp³-hybridized carbons (Fsp3) is 0.375. The van der Waals surface area contributed by atoms with Crippen LogP contribution in [-0.4, -0.2) is 17.6 Å². The summed E-state index contributed by atoms with van der Waals surface area (Å²) < 4.78 is 5.06. The van der Waals surface area contributed by atoms with Crippen molar-refractivity contribution in [3.05, 3.63) is 40.4 Å². The van der Waals surface area contributed by atoms with Gasteiger partial charge in [-0.15, -0.1) is 11.3 Å². The Balaban J connectivity index is 2.35. The van der Waals surface area contributed by atoms with Gasteiger partial charge in [0, 0.05) is 4.88 Å². The summed E-state index contributed by atoms with van der Waals surface area (Å²) in [6.07, 6.45) is 1.75. The van der Waals surface area contributed by atoms with Gasteiger partial charge in [-0.25, -0.2) is 4.79 Å². The predicted octanol–water partition coefficient (Wildman–Crippen LogP) is 4.11. The molecule has 0 bridgehead atoms. The van der Waals surface area contributed by atoms with Crippen LogP contribution in [0.3, 0.4) is 0 Å². The first-order valence-corrected chi connectivity index (χ1v) is 7.77. The minimum absolute atomic E-state index is 0.288. The van der Waals surface area contributed by atoms with E-state index in [0.717, 1.165) is 22.7 Å². The number of ether oxygens (including phenoxy) is 1. The van der Waals surface area contributed by atoms with E-state index in [-0.39, 0.29) is 5.97 Å². The van der Waals surface area contributed by atoms with Gasteiger partial charge in [-0.05, 0) is 44.0 Å². The van der Waals surface area contributed by atoms with Gasteiger partial charge in [0.05, 0.1) is 28.4 Å². The second kappa shape index (κ2) is 6.66. The van der Waals surface area contributed by atoms with Gasteiger partial charge in [0.1, 0.15) is 0 Å². The van der Waals surface area contributed by atoms with Gasteiger partial charge in [0.2, 0.25) is 0 Å². The third-order valence-electron chi connectivity index (χ3n) is 3.07. The van der Waals surface area contributed by atoms with Crippen molar-refractivity contribution >= 4 is 17.3 Å². The molecule has 2 aromatic rings. The Morgan fingerprint density at radius 2 is 1.95 bits per heavy atom. The van der Waals surface area contributed by atoms with Crippen molar-refractivity contribution in [1.29, 1.82) is 0 Å². The number of carbonyl (C=O) groups is 1. The molecule has 0 aliphatic heterocycles. The molecule has 0 saturated carbocycles.